The van der Waals surface area contributed by atoms with Gasteiger partial charge in [-0.1, -0.05) is 0 Å². The summed E-state index contributed by atoms with van der Waals surface area (Å²) in [5, 5.41) is 0. The van der Waals surface area contributed by atoms with Crippen LogP contribution in [0.15, 0.2) is 47.4 Å². The zero-order chi connectivity index (χ0) is 15.2. The number of ether oxygens (including phenoxy) is 2. The normalized spacial score (nSPS) is 11.9. The van der Waals surface area contributed by atoms with Crippen LogP contribution in [0.1, 0.15) is 5.56 Å². The summed E-state index contributed by atoms with van der Waals surface area (Å²) in [4.78, 5) is 0.808. The van der Waals surface area contributed by atoms with Crippen LogP contribution >= 0.6 is 0 Å². The molecule has 2 N–H and O–H groups in total. The number of hydrogen-bond acceptors (Lipinski definition) is 4. The first-order valence-corrected chi connectivity index (χ1v) is 7.93. The summed E-state index contributed by atoms with van der Waals surface area (Å²) in [6.45, 7) is 2.30. The van der Waals surface area contributed by atoms with E-state index in [1.807, 2.05) is 43.3 Å². The molecule has 2 rings (SSSR count). The van der Waals surface area contributed by atoms with Crippen molar-refractivity contribution in [1.29, 1.82) is 0 Å². The van der Waals surface area contributed by atoms with Crippen LogP contribution in [0.25, 0.3) is 0 Å². The number of methoxy groups -OCH3 is 1. The number of aryl methyl sites for hydroxylation is 1. The molecule has 0 radical (unpaired) electrons. The van der Waals surface area contributed by atoms with Crippen molar-refractivity contribution in [3.63, 3.8) is 0 Å². The topological polar surface area (TPSA) is 61.5 Å². The Bertz CT molecular complexity index is 626. The summed E-state index contributed by atoms with van der Waals surface area (Å²) >= 11 is 0. The largest absolute Gasteiger partial charge is 0.497 e. The molecule has 0 saturated heterocycles. The summed E-state index contributed by atoms with van der Waals surface area (Å²) in [5.41, 5.74) is 7.32. The minimum Gasteiger partial charge on any atom is -0.497 e. The lowest BCUT2D eigenvalue weighted by molar-refractivity contribution is 0.341. The Balaban J connectivity index is 1.88. The predicted molar refractivity (Wildman–Crippen MR) is 85.4 cm³/mol. The van der Waals surface area contributed by atoms with E-state index in [4.69, 9.17) is 15.2 Å². The Morgan fingerprint density at radius 1 is 1.10 bits per heavy atom. The van der Waals surface area contributed by atoms with Crippen LogP contribution in [0.2, 0.25) is 0 Å². The second kappa shape index (κ2) is 7.13. The summed E-state index contributed by atoms with van der Waals surface area (Å²) < 4.78 is 22.9. The van der Waals surface area contributed by atoms with Gasteiger partial charge in [0.25, 0.3) is 0 Å². The summed E-state index contributed by atoms with van der Waals surface area (Å²) in [7, 11) is 0.531. The third kappa shape index (κ3) is 4.23. The van der Waals surface area contributed by atoms with Crippen LogP contribution in [0.3, 0.4) is 0 Å². The maximum absolute atomic E-state index is 12.2. The molecule has 2 aromatic rings. The minimum atomic E-state index is -1.09. The van der Waals surface area contributed by atoms with E-state index in [1.165, 1.54) is 0 Å². The number of rotatable bonds is 6. The molecule has 1 unspecified atom stereocenters. The highest BCUT2D eigenvalue weighted by Gasteiger charge is 2.08. The second-order valence-electron chi connectivity index (χ2n) is 4.60. The lowest BCUT2D eigenvalue weighted by Gasteiger charge is -2.09. The van der Waals surface area contributed by atoms with Crippen molar-refractivity contribution in [2.75, 3.05) is 25.2 Å². The third-order valence-electron chi connectivity index (χ3n) is 3.04. The molecule has 0 aliphatic rings. The number of nitrogens with two attached hydrogens (primary N) is 1. The molecular weight excluding hydrogens is 286 g/mol. The molecule has 0 spiro atoms. The molecule has 0 saturated carbocycles. The molecule has 0 bridgehead atoms. The maximum atomic E-state index is 12.2. The van der Waals surface area contributed by atoms with Gasteiger partial charge in [-0.15, -0.1) is 0 Å². The van der Waals surface area contributed by atoms with Gasteiger partial charge in [-0.2, -0.15) is 0 Å². The molecule has 4 nitrogen and oxygen atoms in total. The van der Waals surface area contributed by atoms with Crippen molar-refractivity contribution in [2.24, 2.45) is 0 Å². The standard InChI is InChI=1S/C16H19NO3S/c1-12-11-13(17)3-8-16(12)21(18)10-9-20-15-6-4-14(19-2)5-7-15/h3-8,11H,9-10,17H2,1-2H3. The van der Waals surface area contributed by atoms with Crippen LogP contribution in [-0.2, 0) is 10.8 Å². The molecular formula is C16H19NO3S. The maximum Gasteiger partial charge on any atom is 0.119 e. The van der Waals surface area contributed by atoms with Gasteiger partial charge in [-0.05, 0) is 55.0 Å². The first-order valence-electron chi connectivity index (χ1n) is 6.61. The van der Waals surface area contributed by atoms with Gasteiger partial charge in [0, 0.05) is 10.6 Å². The highest BCUT2D eigenvalue weighted by molar-refractivity contribution is 7.85. The fraction of sp³-hybridized carbons (Fsp3) is 0.250. The molecule has 0 heterocycles. The average Bonchev–Trinajstić information content (AvgIpc) is 2.47. The monoisotopic (exact) mass is 305 g/mol. The van der Waals surface area contributed by atoms with Gasteiger partial charge < -0.3 is 15.2 Å². The number of anilines is 1. The summed E-state index contributed by atoms with van der Waals surface area (Å²) in [6.07, 6.45) is 0. The van der Waals surface area contributed by atoms with Crippen molar-refractivity contribution in [1.82, 2.24) is 0 Å². The summed E-state index contributed by atoms with van der Waals surface area (Å²) in [6, 6.07) is 12.7. The highest BCUT2D eigenvalue weighted by atomic mass is 32.2. The van der Waals surface area contributed by atoms with Gasteiger partial charge in [0.1, 0.15) is 18.1 Å². The van der Waals surface area contributed by atoms with E-state index in [0.29, 0.717) is 18.0 Å². The van der Waals surface area contributed by atoms with Crippen LogP contribution in [0.4, 0.5) is 5.69 Å². The number of benzene rings is 2. The second-order valence-corrected chi connectivity index (χ2v) is 6.14. The lowest BCUT2D eigenvalue weighted by atomic mass is 10.2. The SMILES string of the molecule is COc1ccc(OCCS(=O)c2ccc(N)cc2C)cc1. The van der Waals surface area contributed by atoms with Crippen LogP contribution in [0, 0.1) is 6.92 Å². The van der Waals surface area contributed by atoms with Crippen molar-refractivity contribution in [3.05, 3.63) is 48.0 Å². The molecule has 21 heavy (non-hydrogen) atoms. The number of hydrogen-bond donors (Lipinski definition) is 1. The van der Waals surface area contributed by atoms with E-state index >= 15 is 0 Å². The van der Waals surface area contributed by atoms with Gasteiger partial charge in [-0.3, -0.25) is 4.21 Å². The predicted octanol–water partition coefficient (Wildman–Crippen LogP) is 2.77. The fourth-order valence-electron chi connectivity index (χ4n) is 1.95. The van der Waals surface area contributed by atoms with Crippen molar-refractivity contribution in [2.45, 2.75) is 11.8 Å². The summed E-state index contributed by atoms with van der Waals surface area (Å²) in [5.74, 6) is 1.96. The molecule has 0 aliphatic heterocycles. The number of nitrogen functional groups attached to an aromatic ring is 1. The fourth-order valence-corrected chi connectivity index (χ4v) is 3.04. The first kappa shape index (κ1) is 15.4. The van der Waals surface area contributed by atoms with Crippen LogP contribution in [-0.4, -0.2) is 23.7 Å². The Morgan fingerprint density at radius 2 is 1.76 bits per heavy atom. The van der Waals surface area contributed by atoms with Crippen LogP contribution in [0.5, 0.6) is 11.5 Å². The van der Waals surface area contributed by atoms with Crippen molar-refractivity contribution < 1.29 is 13.7 Å². The van der Waals surface area contributed by atoms with Gasteiger partial charge in [0.05, 0.1) is 23.7 Å². The van der Waals surface area contributed by atoms with Gasteiger partial charge in [0.2, 0.25) is 0 Å². The molecule has 0 fully saturated rings. The van der Waals surface area contributed by atoms with Gasteiger partial charge in [0.15, 0.2) is 0 Å². The zero-order valence-electron chi connectivity index (χ0n) is 12.2. The van der Waals surface area contributed by atoms with E-state index in [2.05, 4.69) is 0 Å². The molecule has 0 aliphatic carbocycles. The van der Waals surface area contributed by atoms with Crippen molar-refractivity contribution >= 4 is 16.5 Å². The smallest absolute Gasteiger partial charge is 0.119 e. The lowest BCUT2D eigenvalue weighted by Crippen LogP contribution is -2.09. The Morgan fingerprint density at radius 3 is 2.38 bits per heavy atom. The third-order valence-corrected chi connectivity index (χ3v) is 4.53. The molecule has 112 valence electrons. The van der Waals surface area contributed by atoms with E-state index in [1.54, 1.807) is 13.2 Å². The van der Waals surface area contributed by atoms with E-state index in [-0.39, 0.29) is 0 Å². The average molecular weight is 305 g/mol. The van der Waals surface area contributed by atoms with Gasteiger partial charge >= 0.3 is 0 Å². The first-order chi connectivity index (χ1) is 10.1. The van der Waals surface area contributed by atoms with Gasteiger partial charge in [-0.25, -0.2) is 0 Å². The molecule has 2 aromatic carbocycles. The van der Waals surface area contributed by atoms with E-state index < -0.39 is 10.8 Å². The highest BCUT2D eigenvalue weighted by Crippen LogP contribution is 2.18. The van der Waals surface area contributed by atoms with Crippen LogP contribution < -0.4 is 15.2 Å². The Kier molecular flexibility index (Phi) is 5.22. The van der Waals surface area contributed by atoms with E-state index in [0.717, 1.165) is 22.0 Å². The quantitative estimate of drug-likeness (QED) is 0.834. The van der Waals surface area contributed by atoms with E-state index in [9.17, 15) is 4.21 Å². The molecule has 5 heteroatoms. The molecule has 0 amide bonds. The molecule has 1 atom stereocenters. The molecule has 0 aromatic heterocycles. The Hall–Kier alpha value is -2.01. The van der Waals surface area contributed by atoms with Crippen molar-refractivity contribution in [3.8, 4) is 11.5 Å². The minimum absolute atomic E-state index is 0.392. The zero-order valence-corrected chi connectivity index (χ0v) is 13.0. The Labute approximate surface area is 127 Å².